The van der Waals surface area contributed by atoms with E-state index in [-0.39, 0.29) is 4.90 Å². The summed E-state index contributed by atoms with van der Waals surface area (Å²) in [5, 5.41) is 12.1. The Kier molecular flexibility index (Phi) is 4.14. The fraction of sp³-hybridized carbons (Fsp3) is 0.545. The molecule has 0 unspecified atom stereocenters. The normalized spacial score (nSPS) is 12.0. The second-order valence-electron chi connectivity index (χ2n) is 4.38. The van der Waals surface area contributed by atoms with Gasteiger partial charge in [0.25, 0.3) is 9.05 Å². The minimum atomic E-state index is -3.81. The Morgan fingerprint density at radius 3 is 2.45 bits per heavy atom. The SMILES string of the molecule is CCc1nn(Cc2nncn2C)c(CC)c1S(=O)(=O)Cl. The smallest absolute Gasteiger partial charge is 0.264 e. The van der Waals surface area contributed by atoms with Crippen LogP contribution in [-0.2, 0) is 35.5 Å². The van der Waals surface area contributed by atoms with Crippen LogP contribution in [0.15, 0.2) is 11.2 Å². The van der Waals surface area contributed by atoms with Gasteiger partial charge in [0.2, 0.25) is 0 Å². The fourth-order valence-corrected chi connectivity index (χ4v) is 3.64. The van der Waals surface area contributed by atoms with Gasteiger partial charge in [0.05, 0.1) is 11.4 Å². The molecule has 0 aliphatic carbocycles. The molecule has 0 atom stereocenters. The Bertz CT molecular complexity index is 719. The predicted molar refractivity (Wildman–Crippen MR) is 74.1 cm³/mol. The summed E-state index contributed by atoms with van der Waals surface area (Å²) in [5.41, 5.74) is 1.08. The molecule has 0 aromatic carbocycles. The Balaban J connectivity index is 2.55. The number of hydrogen-bond acceptors (Lipinski definition) is 5. The molecule has 9 heteroatoms. The van der Waals surface area contributed by atoms with Gasteiger partial charge in [0.15, 0.2) is 5.82 Å². The molecule has 0 bridgehead atoms. The second-order valence-corrected chi connectivity index (χ2v) is 6.89. The van der Waals surface area contributed by atoms with Crippen LogP contribution in [-0.4, -0.2) is 33.0 Å². The van der Waals surface area contributed by atoms with E-state index >= 15 is 0 Å². The molecule has 2 aromatic heterocycles. The van der Waals surface area contributed by atoms with Crippen LogP contribution in [0.25, 0.3) is 0 Å². The molecule has 0 N–H and O–H groups in total. The van der Waals surface area contributed by atoms with Crippen LogP contribution in [0.4, 0.5) is 0 Å². The molecule has 110 valence electrons. The third-order valence-electron chi connectivity index (χ3n) is 3.09. The zero-order valence-corrected chi connectivity index (χ0v) is 13.1. The summed E-state index contributed by atoms with van der Waals surface area (Å²) < 4.78 is 26.9. The highest BCUT2D eigenvalue weighted by Gasteiger charge is 2.25. The molecule has 2 rings (SSSR count). The molecule has 0 aliphatic rings. The van der Waals surface area contributed by atoms with Crippen LogP contribution in [0.1, 0.15) is 31.1 Å². The van der Waals surface area contributed by atoms with E-state index in [1.54, 1.807) is 15.6 Å². The second kappa shape index (κ2) is 5.53. The highest BCUT2D eigenvalue weighted by atomic mass is 35.7. The molecule has 0 amide bonds. The monoisotopic (exact) mass is 317 g/mol. The van der Waals surface area contributed by atoms with Gasteiger partial charge in [0.1, 0.15) is 17.8 Å². The number of nitrogens with zero attached hydrogens (tertiary/aromatic N) is 5. The van der Waals surface area contributed by atoms with Crippen LogP contribution in [0, 0.1) is 0 Å². The van der Waals surface area contributed by atoms with Crippen molar-refractivity contribution in [3.05, 3.63) is 23.5 Å². The van der Waals surface area contributed by atoms with Gasteiger partial charge in [-0.15, -0.1) is 10.2 Å². The lowest BCUT2D eigenvalue weighted by atomic mass is 10.2. The first kappa shape index (κ1) is 15.0. The maximum atomic E-state index is 11.8. The lowest BCUT2D eigenvalue weighted by molar-refractivity contribution is 0.592. The molecule has 0 spiro atoms. The average Bonchev–Trinajstić information content (AvgIpc) is 2.93. The van der Waals surface area contributed by atoms with Gasteiger partial charge in [-0.25, -0.2) is 8.42 Å². The summed E-state index contributed by atoms with van der Waals surface area (Å²) in [4.78, 5) is 0.131. The van der Waals surface area contributed by atoms with Crippen molar-refractivity contribution in [2.45, 2.75) is 38.1 Å². The maximum Gasteiger partial charge on any atom is 0.264 e. The van der Waals surface area contributed by atoms with Crippen LogP contribution in [0.2, 0.25) is 0 Å². The maximum absolute atomic E-state index is 11.8. The molecule has 7 nitrogen and oxygen atoms in total. The minimum absolute atomic E-state index is 0.131. The van der Waals surface area contributed by atoms with Gasteiger partial charge in [-0.05, 0) is 12.8 Å². The van der Waals surface area contributed by atoms with Crippen LogP contribution >= 0.6 is 10.7 Å². The van der Waals surface area contributed by atoms with E-state index in [4.69, 9.17) is 10.7 Å². The summed E-state index contributed by atoms with van der Waals surface area (Å²) in [6.07, 6.45) is 2.61. The van der Waals surface area contributed by atoms with Crippen molar-refractivity contribution in [3.63, 3.8) is 0 Å². The molecule has 0 aliphatic heterocycles. The average molecular weight is 318 g/mol. The first-order valence-electron chi connectivity index (χ1n) is 6.24. The van der Waals surface area contributed by atoms with Gasteiger partial charge in [-0.1, -0.05) is 13.8 Å². The van der Waals surface area contributed by atoms with Crippen molar-refractivity contribution in [2.75, 3.05) is 0 Å². The van der Waals surface area contributed by atoms with Gasteiger partial charge < -0.3 is 4.57 Å². The first-order valence-corrected chi connectivity index (χ1v) is 8.55. The summed E-state index contributed by atoms with van der Waals surface area (Å²) in [6, 6.07) is 0. The van der Waals surface area contributed by atoms with Crippen LogP contribution < -0.4 is 0 Å². The summed E-state index contributed by atoms with van der Waals surface area (Å²) in [6.45, 7) is 4.08. The molecule has 2 aromatic rings. The third-order valence-corrected chi connectivity index (χ3v) is 4.51. The Labute approximate surface area is 122 Å². The van der Waals surface area contributed by atoms with Crippen molar-refractivity contribution in [1.82, 2.24) is 24.5 Å². The van der Waals surface area contributed by atoms with Crippen molar-refractivity contribution in [3.8, 4) is 0 Å². The van der Waals surface area contributed by atoms with Gasteiger partial charge in [-0.2, -0.15) is 5.10 Å². The van der Waals surface area contributed by atoms with Crippen LogP contribution in [0.3, 0.4) is 0 Å². The number of rotatable bonds is 5. The largest absolute Gasteiger partial charge is 0.319 e. The highest BCUT2D eigenvalue weighted by molar-refractivity contribution is 8.13. The number of aromatic nitrogens is 5. The summed E-state index contributed by atoms with van der Waals surface area (Å²) in [7, 11) is 3.55. The number of halogens is 1. The van der Waals surface area contributed by atoms with Crippen molar-refractivity contribution in [2.24, 2.45) is 7.05 Å². The van der Waals surface area contributed by atoms with Crippen LogP contribution in [0.5, 0.6) is 0 Å². The lowest BCUT2D eigenvalue weighted by Crippen LogP contribution is -2.11. The fourth-order valence-electron chi connectivity index (χ4n) is 2.11. The molecule has 0 saturated carbocycles. The standard InChI is InChI=1S/C11H16ClN5O2S/c1-4-8-11(20(12,18)19)9(5-2)17(15-8)6-10-14-13-7-16(10)3/h7H,4-6H2,1-3H3. The third kappa shape index (κ3) is 2.71. The Hall–Kier alpha value is -1.41. The van der Waals surface area contributed by atoms with E-state index in [0.717, 1.165) is 0 Å². The van der Waals surface area contributed by atoms with Crippen molar-refractivity contribution < 1.29 is 8.42 Å². The molecule has 0 saturated heterocycles. The molecular weight excluding hydrogens is 302 g/mol. The van der Waals surface area contributed by atoms with E-state index in [2.05, 4.69) is 15.3 Å². The van der Waals surface area contributed by atoms with Gasteiger partial charge in [0, 0.05) is 17.7 Å². The van der Waals surface area contributed by atoms with Gasteiger partial charge in [-0.3, -0.25) is 4.68 Å². The molecule has 2 heterocycles. The zero-order chi connectivity index (χ0) is 14.9. The zero-order valence-electron chi connectivity index (χ0n) is 11.5. The predicted octanol–water partition coefficient (Wildman–Crippen LogP) is 1.11. The summed E-state index contributed by atoms with van der Waals surface area (Å²) in [5.74, 6) is 0.698. The van der Waals surface area contributed by atoms with Gasteiger partial charge >= 0.3 is 0 Å². The van der Waals surface area contributed by atoms with E-state index in [1.807, 2.05) is 20.9 Å². The van der Waals surface area contributed by atoms with E-state index in [9.17, 15) is 8.42 Å². The summed E-state index contributed by atoms with van der Waals surface area (Å²) >= 11 is 0. The molecule has 20 heavy (non-hydrogen) atoms. The van der Waals surface area contributed by atoms with E-state index in [1.165, 1.54) is 0 Å². The quantitative estimate of drug-likeness (QED) is 0.771. The number of hydrogen-bond donors (Lipinski definition) is 0. The molecule has 0 radical (unpaired) electrons. The number of aryl methyl sites for hydroxylation is 2. The Morgan fingerprint density at radius 1 is 1.30 bits per heavy atom. The molecule has 0 fully saturated rings. The van der Waals surface area contributed by atoms with Crippen molar-refractivity contribution in [1.29, 1.82) is 0 Å². The minimum Gasteiger partial charge on any atom is -0.319 e. The molecular formula is C11H16ClN5O2S. The van der Waals surface area contributed by atoms with E-state index in [0.29, 0.717) is 36.6 Å². The van der Waals surface area contributed by atoms with Crippen molar-refractivity contribution >= 4 is 19.7 Å². The lowest BCUT2D eigenvalue weighted by Gasteiger charge is -2.06. The topological polar surface area (TPSA) is 82.7 Å². The van der Waals surface area contributed by atoms with E-state index < -0.39 is 9.05 Å². The Morgan fingerprint density at radius 2 is 2.00 bits per heavy atom. The highest BCUT2D eigenvalue weighted by Crippen LogP contribution is 2.25. The first-order chi connectivity index (χ1) is 9.38.